The van der Waals surface area contributed by atoms with Crippen molar-refractivity contribution in [2.45, 2.75) is 32.2 Å². The molecule has 1 aliphatic rings. The second-order valence-electron chi connectivity index (χ2n) is 2.68. The highest BCUT2D eigenvalue weighted by molar-refractivity contribution is 5.09. The van der Waals surface area contributed by atoms with E-state index in [0.29, 0.717) is 5.92 Å². The van der Waals surface area contributed by atoms with Crippen molar-refractivity contribution in [1.82, 2.24) is 0 Å². The summed E-state index contributed by atoms with van der Waals surface area (Å²) < 4.78 is 0. The van der Waals surface area contributed by atoms with Gasteiger partial charge in [-0.2, -0.15) is 0 Å². The number of hydrogen-bond donors (Lipinski definition) is 1. The Morgan fingerprint density at radius 2 is 2.44 bits per heavy atom. The third kappa shape index (κ3) is 1.73. The molecule has 50 valence electrons. The smallest absolute Gasteiger partial charge is 0.0351 e. The van der Waals surface area contributed by atoms with Crippen molar-refractivity contribution in [3.63, 3.8) is 0 Å². The van der Waals surface area contributed by atoms with E-state index in [1.54, 1.807) is 0 Å². The first-order valence-electron chi connectivity index (χ1n) is 3.54. The molecule has 0 aromatic rings. The van der Waals surface area contributed by atoms with Gasteiger partial charge < -0.3 is 5.73 Å². The van der Waals surface area contributed by atoms with Gasteiger partial charge in [0.05, 0.1) is 0 Å². The van der Waals surface area contributed by atoms with Gasteiger partial charge in [-0.05, 0) is 19.8 Å². The maximum atomic E-state index is 5.66. The standard InChI is InChI=1S/C8H13N/c1-7(9)8-5-3-2-4-6-8/h7-8H,2-3,5,9H2,1H3. The molecule has 0 spiro atoms. The van der Waals surface area contributed by atoms with Gasteiger partial charge in [-0.1, -0.05) is 5.92 Å². The van der Waals surface area contributed by atoms with Crippen LogP contribution in [0.5, 0.6) is 0 Å². The summed E-state index contributed by atoms with van der Waals surface area (Å²) in [5.41, 5.74) is 5.66. The molecule has 2 unspecified atom stereocenters. The van der Waals surface area contributed by atoms with Crippen LogP contribution in [0.1, 0.15) is 26.2 Å². The Bertz CT molecular complexity index is 138. The topological polar surface area (TPSA) is 26.0 Å². The molecule has 1 rings (SSSR count). The largest absolute Gasteiger partial charge is 0.327 e. The van der Waals surface area contributed by atoms with Crippen LogP contribution < -0.4 is 5.73 Å². The lowest BCUT2D eigenvalue weighted by atomic mass is 9.93. The van der Waals surface area contributed by atoms with E-state index in [-0.39, 0.29) is 6.04 Å². The lowest BCUT2D eigenvalue weighted by Crippen LogP contribution is -2.26. The zero-order chi connectivity index (χ0) is 6.69. The molecule has 1 nitrogen and oxygen atoms in total. The fraction of sp³-hybridized carbons (Fsp3) is 0.750. The van der Waals surface area contributed by atoms with Gasteiger partial charge in [-0.3, -0.25) is 0 Å². The first kappa shape index (κ1) is 6.64. The monoisotopic (exact) mass is 123 g/mol. The van der Waals surface area contributed by atoms with Crippen LogP contribution in [-0.4, -0.2) is 6.04 Å². The fourth-order valence-electron chi connectivity index (χ4n) is 1.08. The molecular weight excluding hydrogens is 110 g/mol. The molecule has 1 heteroatoms. The van der Waals surface area contributed by atoms with Crippen LogP contribution in [0.4, 0.5) is 0 Å². The predicted octanol–water partition coefficient (Wildman–Crippen LogP) is 1.14. The third-order valence-corrected chi connectivity index (χ3v) is 1.74. The molecule has 0 amide bonds. The highest BCUT2D eigenvalue weighted by Crippen LogP contribution is 2.13. The van der Waals surface area contributed by atoms with Crippen LogP contribution in [-0.2, 0) is 0 Å². The maximum absolute atomic E-state index is 5.66. The van der Waals surface area contributed by atoms with Gasteiger partial charge in [0.15, 0.2) is 0 Å². The predicted molar refractivity (Wildman–Crippen MR) is 38.8 cm³/mol. The van der Waals surface area contributed by atoms with Gasteiger partial charge in [-0.25, -0.2) is 0 Å². The van der Waals surface area contributed by atoms with Crippen LogP contribution in [0, 0.1) is 17.8 Å². The summed E-state index contributed by atoms with van der Waals surface area (Å²) >= 11 is 0. The minimum Gasteiger partial charge on any atom is -0.327 e. The lowest BCUT2D eigenvalue weighted by Gasteiger charge is -2.15. The summed E-state index contributed by atoms with van der Waals surface area (Å²) in [6.07, 6.45) is 3.51. The van der Waals surface area contributed by atoms with E-state index < -0.39 is 0 Å². The van der Waals surface area contributed by atoms with E-state index >= 15 is 0 Å². The Balaban J connectivity index is 2.46. The van der Waals surface area contributed by atoms with Gasteiger partial charge in [0, 0.05) is 18.4 Å². The molecule has 0 saturated heterocycles. The van der Waals surface area contributed by atoms with Crippen molar-refractivity contribution in [3.05, 3.63) is 0 Å². The van der Waals surface area contributed by atoms with Crippen molar-refractivity contribution in [2.75, 3.05) is 0 Å². The number of nitrogens with two attached hydrogens (primary N) is 1. The Labute approximate surface area is 56.6 Å². The van der Waals surface area contributed by atoms with Crippen molar-refractivity contribution >= 4 is 0 Å². The Kier molecular flexibility index (Phi) is 2.13. The SMILES string of the molecule is CC(N)C1C#CCCC1. The van der Waals surface area contributed by atoms with E-state index in [9.17, 15) is 0 Å². The summed E-state index contributed by atoms with van der Waals surface area (Å²) in [5, 5.41) is 0. The van der Waals surface area contributed by atoms with Crippen LogP contribution >= 0.6 is 0 Å². The zero-order valence-corrected chi connectivity index (χ0v) is 5.85. The van der Waals surface area contributed by atoms with Crippen molar-refractivity contribution in [2.24, 2.45) is 11.7 Å². The molecular formula is C8H13N. The van der Waals surface area contributed by atoms with Crippen LogP contribution in [0.2, 0.25) is 0 Å². The van der Waals surface area contributed by atoms with Gasteiger partial charge in [0.1, 0.15) is 0 Å². The van der Waals surface area contributed by atoms with Gasteiger partial charge in [-0.15, -0.1) is 5.92 Å². The Hall–Kier alpha value is -0.480. The quantitative estimate of drug-likeness (QED) is 0.520. The molecule has 0 aliphatic heterocycles. The van der Waals surface area contributed by atoms with Crippen LogP contribution in [0.25, 0.3) is 0 Å². The van der Waals surface area contributed by atoms with Crippen molar-refractivity contribution < 1.29 is 0 Å². The minimum absolute atomic E-state index is 0.262. The summed E-state index contributed by atoms with van der Waals surface area (Å²) in [7, 11) is 0. The first-order chi connectivity index (χ1) is 4.30. The van der Waals surface area contributed by atoms with E-state index in [2.05, 4.69) is 11.8 Å². The fourth-order valence-corrected chi connectivity index (χ4v) is 1.08. The molecule has 0 heterocycles. The van der Waals surface area contributed by atoms with E-state index in [4.69, 9.17) is 5.73 Å². The molecule has 2 atom stereocenters. The summed E-state index contributed by atoms with van der Waals surface area (Å²) in [5.74, 6) is 6.70. The van der Waals surface area contributed by atoms with Crippen LogP contribution in [0.3, 0.4) is 0 Å². The molecule has 0 radical (unpaired) electrons. The number of hydrogen-bond acceptors (Lipinski definition) is 1. The third-order valence-electron chi connectivity index (χ3n) is 1.74. The van der Waals surface area contributed by atoms with Crippen LogP contribution in [0.15, 0.2) is 0 Å². The minimum atomic E-state index is 0.262. The average molecular weight is 123 g/mol. The molecule has 0 fully saturated rings. The molecule has 0 aromatic heterocycles. The van der Waals surface area contributed by atoms with Gasteiger partial charge >= 0.3 is 0 Å². The number of rotatable bonds is 1. The highest BCUT2D eigenvalue weighted by atomic mass is 14.6. The maximum Gasteiger partial charge on any atom is 0.0351 e. The van der Waals surface area contributed by atoms with E-state index in [1.165, 1.54) is 12.8 Å². The molecule has 0 aromatic carbocycles. The first-order valence-corrected chi connectivity index (χ1v) is 3.54. The Morgan fingerprint density at radius 3 is 2.78 bits per heavy atom. The average Bonchev–Trinajstić information content (AvgIpc) is 1.90. The van der Waals surface area contributed by atoms with Gasteiger partial charge in [0.25, 0.3) is 0 Å². The van der Waals surface area contributed by atoms with E-state index in [0.717, 1.165) is 6.42 Å². The summed E-state index contributed by atoms with van der Waals surface area (Å²) in [6.45, 7) is 2.03. The second kappa shape index (κ2) is 2.89. The molecule has 2 N–H and O–H groups in total. The van der Waals surface area contributed by atoms with Crippen molar-refractivity contribution in [3.8, 4) is 11.8 Å². The molecule has 9 heavy (non-hydrogen) atoms. The second-order valence-corrected chi connectivity index (χ2v) is 2.68. The molecule has 1 aliphatic carbocycles. The summed E-state index contributed by atoms with van der Waals surface area (Å²) in [6, 6.07) is 0.262. The summed E-state index contributed by atoms with van der Waals surface area (Å²) in [4.78, 5) is 0. The lowest BCUT2D eigenvalue weighted by molar-refractivity contribution is 0.490. The van der Waals surface area contributed by atoms with Crippen molar-refractivity contribution in [1.29, 1.82) is 0 Å². The normalized spacial score (nSPS) is 28.4. The molecule has 0 bridgehead atoms. The zero-order valence-electron chi connectivity index (χ0n) is 5.85. The highest BCUT2D eigenvalue weighted by Gasteiger charge is 2.11. The molecule has 0 saturated carbocycles. The van der Waals surface area contributed by atoms with Gasteiger partial charge in [0.2, 0.25) is 0 Å². The Morgan fingerprint density at radius 1 is 1.67 bits per heavy atom. The van der Waals surface area contributed by atoms with E-state index in [1.807, 2.05) is 6.92 Å².